The summed E-state index contributed by atoms with van der Waals surface area (Å²) in [6, 6.07) is 10.7. The van der Waals surface area contributed by atoms with Crippen LogP contribution in [0, 0.1) is 0 Å². The van der Waals surface area contributed by atoms with Crippen molar-refractivity contribution in [3.63, 3.8) is 0 Å². The molecule has 0 aromatic heterocycles. The first kappa shape index (κ1) is 20.9. The van der Waals surface area contributed by atoms with Crippen LogP contribution in [-0.2, 0) is 16.0 Å². The van der Waals surface area contributed by atoms with E-state index in [0.717, 1.165) is 25.7 Å². The molecule has 0 amide bonds. The summed E-state index contributed by atoms with van der Waals surface area (Å²) in [5.74, 6) is -0.0955. The molecular formula is C18H30ClNO2. The highest BCUT2D eigenvalue weighted by molar-refractivity contribution is 5.85. The number of halogens is 1. The van der Waals surface area contributed by atoms with Gasteiger partial charge in [-0.25, -0.2) is 0 Å². The summed E-state index contributed by atoms with van der Waals surface area (Å²) in [5, 5.41) is 0. The Morgan fingerprint density at radius 2 is 1.64 bits per heavy atom. The summed E-state index contributed by atoms with van der Waals surface area (Å²) in [7, 11) is 1.45. The molecule has 0 spiro atoms. The Bertz CT molecular complexity index is 384. The number of rotatable bonds is 11. The van der Waals surface area contributed by atoms with Gasteiger partial charge in [0.25, 0.3) is 0 Å². The van der Waals surface area contributed by atoms with Crippen LogP contribution in [0.25, 0.3) is 0 Å². The van der Waals surface area contributed by atoms with Crippen LogP contribution < -0.4 is 5.73 Å². The van der Waals surface area contributed by atoms with Gasteiger partial charge in [-0.2, -0.15) is 0 Å². The maximum Gasteiger partial charge on any atom is 0.305 e. The van der Waals surface area contributed by atoms with Gasteiger partial charge in [-0.3, -0.25) is 4.79 Å². The molecule has 2 N–H and O–H groups in total. The van der Waals surface area contributed by atoms with Gasteiger partial charge in [0, 0.05) is 12.5 Å². The van der Waals surface area contributed by atoms with Gasteiger partial charge in [-0.1, -0.05) is 62.4 Å². The first-order chi connectivity index (χ1) is 10.2. The van der Waals surface area contributed by atoms with Gasteiger partial charge in [-0.05, 0) is 24.8 Å². The minimum atomic E-state index is -0.0955. The number of nitrogens with two attached hydrogens (primary N) is 1. The summed E-state index contributed by atoms with van der Waals surface area (Å²) >= 11 is 0. The third-order valence-corrected chi connectivity index (χ3v) is 3.77. The van der Waals surface area contributed by atoms with Crippen molar-refractivity contribution in [3.05, 3.63) is 35.9 Å². The molecule has 1 rings (SSSR count). The molecule has 0 heterocycles. The van der Waals surface area contributed by atoms with Crippen LogP contribution in [0.4, 0.5) is 0 Å². The Kier molecular flexibility index (Phi) is 12.9. The number of benzene rings is 1. The van der Waals surface area contributed by atoms with Crippen LogP contribution in [0.5, 0.6) is 0 Å². The second-order valence-electron chi connectivity index (χ2n) is 5.69. The topological polar surface area (TPSA) is 52.3 Å². The zero-order valence-electron chi connectivity index (χ0n) is 13.6. The number of hydrogen-bond donors (Lipinski definition) is 1. The molecule has 0 fully saturated rings. The molecule has 1 atom stereocenters. The van der Waals surface area contributed by atoms with E-state index in [9.17, 15) is 4.79 Å². The first-order valence-corrected chi connectivity index (χ1v) is 8.08. The zero-order valence-corrected chi connectivity index (χ0v) is 14.4. The quantitative estimate of drug-likeness (QED) is 0.487. The van der Waals surface area contributed by atoms with Gasteiger partial charge < -0.3 is 10.5 Å². The van der Waals surface area contributed by atoms with E-state index in [4.69, 9.17) is 5.73 Å². The number of ether oxygens (including phenoxy) is 1. The van der Waals surface area contributed by atoms with E-state index in [1.807, 2.05) is 6.07 Å². The van der Waals surface area contributed by atoms with Gasteiger partial charge in [0.05, 0.1) is 7.11 Å². The summed E-state index contributed by atoms with van der Waals surface area (Å²) in [6.45, 7) is 0. The molecule has 3 nitrogen and oxygen atoms in total. The smallest absolute Gasteiger partial charge is 0.305 e. The predicted molar refractivity (Wildman–Crippen MR) is 94.3 cm³/mol. The van der Waals surface area contributed by atoms with Gasteiger partial charge >= 0.3 is 5.97 Å². The van der Waals surface area contributed by atoms with E-state index in [2.05, 4.69) is 29.0 Å². The lowest BCUT2D eigenvalue weighted by molar-refractivity contribution is -0.140. The molecule has 4 heteroatoms. The Balaban J connectivity index is 0.00000441. The second kappa shape index (κ2) is 13.6. The third kappa shape index (κ3) is 10.6. The minimum Gasteiger partial charge on any atom is -0.469 e. The molecule has 0 aliphatic rings. The van der Waals surface area contributed by atoms with Crippen molar-refractivity contribution in [3.8, 4) is 0 Å². The first-order valence-electron chi connectivity index (χ1n) is 8.08. The Morgan fingerprint density at radius 1 is 1.05 bits per heavy atom. The van der Waals surface area contributed by atoms with Crippen molar-refractivity contribution >= 4 is 18.4 Å². The van der Waals surface area contributed by atoms with E-state index >= 15 is 0 Å². The summed E-state index contributed by atoms with van der Waals surface area (Å²) < 4.78 is 4.62. The van der Waals surface area contributed by atoms with Gasteiger partial charge in [-0.15, -0.1) is 12.4 Å². The molecule has 22 heavy (non-hydrogen) atoms. The molecule has 1 aromatic carbocycles. The summed E-state index contributed by atoms with van der Waals surface area (Å²) in [6.07, 6.45) is 9.55. The molecule has 0 radical (unpaired) electrons. The van der Waals surface area contributed by atoms with Crippen molar-refractivity contribution in [2.45, 2.75) is 63.8 Å². The van der Waals surface area contributed by atoms with Crippen LogP contribution in [0.2, 0.25) is 0 Å². The highest BCUT2D eigenvalue weighted by atomic mass is 35.5. The predicted octanol–water partition coefficient (Wildman–Crippen LogP) is 4.27. The Labute approximate surface area is 141 Å². The van der Waals surface area contributed by atoms with Crippen LogP contribution in [-0.4, -0.2) is 19.1 Å². The molecule has 0 saturated heterocycles. The SMILES string of the molecule is COC(=O)CCCCCCCCC(N)Cc1ccccc1.Cl. The van der Waals surface area contributed by atoms with E-state index in [1.165, 1.54) is 38.4 Å². The molecule has 0 saturated carbocycles. The van der Waals surface area contributed by atoms with Crippen LogP contribution >= 0.6 is 12.4 Å². The summed E-state index contributed by atoms with van der Waals surface area (Å²) in [4.78, 5) is 10.9. The Hall–Kier alpha value is -1.06. The zero-order chi connectivity index (χ0) is 15.3. The van der Waals surface area contributed by atoms with E-state index in [-0.39, 0.29) is 24.4 Å². The lowest BCUT2D eigenvalue weighted by Gasteiger charge is -2.11. The van der Waals surface area contributed by atoms with Gasteiger partial charge in [0.2, 0.25) is 0 Å². The fraction of sp³-hybridized carbons (Fsp3) is 0.611. The average Bonchev–Trinajstić information content (AvgIpc) is 2.50. The third-order valence-electron chi connectivity index (χ3n) is 3.77. The molecule has 1 aromatic rings. The van der Waals surface area contributed by atoms with E-state index < -0.39 is 0 Å². The molecular weight excluding hydrogens is 298 g/mol. The number of carbonyl (C=O) groups is 1. The average molecular weight is 328 g/mol. The second-order valence-corrected chi connectivity index (χ2v) is 5.69. The lowest BCUT2D eigenvalue weighted by Crippen LogP contribution is -2.22. The van der Waals surface area contributed by atoms with Crippen LogP contribution in [0.1, 0.15) is 56.9 Å². The number of esters is 1. The number of carbonyl (C=O) groups excluding carboxylic acids is 1. The maximum absolute atomic E-state index is 10.9. The van der Waals surface area contributed by atoms with Crippen molar-refractivity contribution in [1.82, 2.24) is 0 Å². The van der Waals surface area contributed by atoms with Gasteiger partial charge in [0.1, 0.15) is 0 Å². The number of hydrogen-bond acceptors (Lipinski definition) is 3. The van der Waals surface area contributed by atoms with Crippen molar-refractivity contribution < 1.29 is 9.53 Å². The van der Waals surface area contributed by atoms with Crippen molar-refractivity contribution in [1.29, 1.82) is 0 Å². The van der Waals surface area contributed by atoms with Crippen molar-refractivity contribution in [2.75, 3.05) is 7.11 Å². The van der Waals surface area contributed by atoms with Crippen LogP contribution in [0.3, 0.4) is 0 Å². The number of methoxy groups -OCH3 is 1. The van der Waals surface area contributed by atoms with Gasteiger partial charge in [0.15, 0.2) is 0 Å². The molecule has 0 aliphatic carbocycles. The highest BCUT2D eigenvalue weighted by Gasteiger charge is 2.04. The highest BCUT2D eigenvalue weighted by Crippen LogP contribution is 2.11. The molecule has 0 aliphatic heterocycles. The fourth-order valence-electron chi connectivity index (χ4n) is 2.50. The fourth-order valence-corrected chi connectivity index (χ4v) is 2.50. The van der Waals surface area contributed by atoms with E-state index in [0.29, 0.717) is 6.42 Å². The molecule has 1 unspecified atom stereocenters. The largest absolute Gasteiger partial charge is 0.469 e. The number of unbranched alkanes of at least 4 members (excludes halogenated alkanes) is 5. The monoisotopic (exact) mass is 327 g/mol. The summed E-state index contributed by atoms with van der Waals surface area (Å²) in [5.41, 5.74) is 7.49. The minimum absolute atomic E-state index is 0. The molecule has 126 valence electrons. The Morgan fingerprint density at radius 3 is 2.27 bits per heavy atom. The standard InChI is InChI=1S/C18H29NO2.ClH/c1-21-18(20)14-10-5-3-2-4-9-13-17(19)15-16-11-7-6-8-12-16;/h6-8,11-12,17H,2-5,9-10,13-15,19H2,1H3;1H. The van der Waals surface area contributed by atoms with E-state index in [1.54, 1.807) is 0 Å². The van der Waals surface area contributed by atoms with Crippen LogP contribution in [0.15, 0.2) is 30.3 Å². The maximum atomic E-state index is 10.9. The molecule has 0 bridgehead atoms. The van der Waals surface area contributed by atoms with Crippen molar-refractivity contribution in [2.24, 2.45) is 5.73 Å². The normalized spacial score (nSPS) is 11.5. The lowest BCUT2D eigenvalue weighted by atomic mass is 10.0.